The highest BCUT2D eigenvalue weighted by Crippen LogP contribution is 2.55. The summed E-state index contributed by atoms with van der Waals surface area (Å²) < 4.78 is 37.8. The molecule has 7 heteroatoms. The van der Waals surface area contributed by atoms with Gasteiger partial charge in [0, 0.05) is 16.8 Å². The van der Waals surface area contributed by atoms with Crippen molar-refractivity contribution in [3.8, 4) is 0 Å². The molecule has 0 bridgehead atoms. The molecule has 2 aromatic rings. The van der Waals surface area contributed by atoms with Crippen molar-refractivity contribution in [3.05, 3.63) is 30.3 Å². The standard InChI is InChI=1S/C14H13NO4S2/c1-14-15(6-7-19-14)13-11-8-10(21(16,17)18)4-2-9(11)3-5-12(13)20-14/h2-5,8H,6-7H2,1H3,(H,16,17,18). The minimum absolute atomic E-state index is 0.0814. The average molecular weight is 323 g/mol. The normalized spacial score (nSPS) is 24.4. The fourth-order valence-electron chi connectivity index (χ4n) is 2.99. The predicted molar refractivity (Wildman–Crippen MR) is 81.3 cm³/mol. The summed E-state index contributed by atoms with van der Waals surface area (Å²) in [6, 6.07) is 8.67. The van der Waals surface area contributed by atoms with Crippen LogP contribution in [0, 0.1) is 0 Å². The van der Waals surface area contributed by atoms with Crippen LogP contribution >= 0.6 is 11.8 Å². The van der Waals surface area contributed by atoms with Gasteiger partial charge in [0.05, 0.1) is 17.2 Å². The molecule has 1 N–H and O–H groups in total. The van der Waals surface area contributed by atoms with Gasteiger partial charge >= 0.3 is 0 Å². The molecule has 0 aliphatic carbocycles. The van der Waals surface area contributed by atoms with E-state index in [1.807, 2.05) is 19.1 Å². The summed E-state index contributed by atoms with van der Waals surface area (Å²) in [5, 5.41) is 1.34. The smallest absolute Gasteiger partial charge is 0.294 e. The second kappa shape index (κ2) is 4.13. The Morgan fingerprint density at radius 3 is 2.86 bits per heavy atom. The van der Waals surface area contributed by atoms with Gasteiger partial charge in [-0.15, -0.1) is 0 Å². The molecule has 2 aliphatic rings. The Morgan fingerprint density at radius 2 is 2.10 bits per heavy atom. The van der Waals surface area contributed by atoms with E-state index in [1.165, 1.54) is 12.1 Å². The lowest BCUT2D eigenvalue weighted by Gasteiger charge is -2.27. The van der Waals surface area contributed by atoms with Crippen molar-refractivity contribution in [1.29, 1.82) is 0 Å². The second-order valence-electron chi connectivity index (χ2n) is 5.27. The Bertz CT molecular complexity index is 865. The van der Waals surface area contributed by atoms with Crippen molar-refractivity contribution in [2.75, 3.05) is 18.1 Å². The monoisotopic (exact) mass is 323 g/mol. The Morgan fingerprint density at radius 1 is 1.33 bits per heavy atom. The predicted octanol–water partition coefficient (Wildman–Crippen LogP) is 2.70. The first-order valence-electron chi connectivity index (χ1n) is 6.53. The fourth-order valence-corrected chi connectivity index (χ4v) is 4.80. The molecule has 0 amide bonds. The number of fused-ring (bicyclic) bond motifs is 5. The van der Waals surface area contributed by atoms with Crippen LogP contribution in [0.1, 0.15) is 6.92 Å². The molecule has 1 unspecified atom stereocenters. The van der Waals surface area contributed by atoms with Crippen LogP contribution in [0.4, 0.5) is 5.69 Å². The van der Waals surface area contributed by atoms with Crippen LogP contribution in [0.5, 0.6) is 0 Å². The average Bonchev–Trinajstić information content (AvgIpc) is 2.90. The van der Waals surface area contributed by atoms with E-state index in [1.54, 1.807) is 17.8 Å². The maximum atomic E-state index is 11.4. The highest BCUT2D eigenvalue weighted by molar-refractivity contribution is 8.01. The maximum absolute atomic E-state index is 11.4. The zero-order chi connectivity index (χ0) is 14.8. The highest BCUT2D eigenvalue weighted by Gasteiger charge is 2.46. The third kappa shape index (κ3) is 1.88. The molecule has 0 saturated carbocycles. The largest absolute Gasteiger partial charge is 0.344 e. The molecule has 2 aromatic carbocycles. The van der Waals surface area contributed by atoms with Gasteiger partial charge in [-0.3, -0.25) is 4.55 Å². The summed E-state index contributed by atoms with van der Waals surface area (Å²) in [4.78, 5) is 3.14. The highest BCUT2D eigenvalue weighted by atomic mass is 32.2. The first kappa shape index (κ1) is 13.4. The summed E-state index contributed by atoms with van der Waals surface area (Å²) in [6.07, 6.45) is 0. The molecule has 1 fully saturated rings. The van der Waals surface area contributed by atoms with E-state index < -0.39 is 15.2 Å². The van der Waals surface area contributed by atoms with E-state index in [0.717, 1.165) is 27.9 Å². The van der Waals surface area contributed by atoms with E-state index in [2.05, 4.69) is 4.90 Å². The number of hydrogen-bond donors (Lipinski definition) is 1. The lowest BCUT2D eigenvalue weighted by molar-refractivity contribution is 0.101. The summed E-state index contributed by atoms with van der Waals surface area (Å²) >= 11 is 1.63. The quantitative estimate of drug-likeness (QED) is 0.814. The number of benzene rings is 2. The molecule has 2 heterocycles. The number of thioether (sulfide) groups is 1. The van der Waals surface area contributed by atoms with Crippen molar-refractivity contribution >= 4 is 38.3 Å². The molecule has 2 aliphatic heterocycles. The Labute approximate surface area is 126 Å². The summed E-state index contributed by atoms with van der Waals surface area (Å²) in [5.41, 5.74) is 0.989. The van der Waals surface area contributed by atoms with Gasteiger partial charge in [-0.2, -0.15) is 8.42 Å². The third-order valence-electron chi connectivity index (χ3n) is 3.97. The number of anilines is 1. The number of ether oxygens (including phenoxy) is 1. The van der Waals surface area contributed by atoms with Gasteiger partial charge in [0.15, 0.2) is 5.06 Å². The first-order chi connectivity index (χ1) is 9.88. The molecule has 4 rings (SSSR count). The molecule has 21 heavy (non-hydrogen) atoms. The topological polar surface area (TPSA) is 66.8 Å². The van der Waals surface area contributed by atoms with Gasteiger partial charge in [-0.1, -0.05) is 23.9 Å². The molecule has 1 saturated heterocycles. The van der Waals surface area contributed by atoms with Gasteiger partial charge in [0.25, 0.3) is 10.1 Å². The minimum Gasteiger partial charge on any atom is -0.344 e. The molecule has 0 spiro atoms. The van der Waals surface area contributed by atoms with Gasteiger partial charge in [-0.05, 0) is 30.5 Å². The minimum atomic E-state index is -4.21. The second-order valence-corrected chi connectivity index (χ2v) is 8.09. The lowest BCUT2D eigenvalue weighted by Crippen LogP contribution is -2.35. The number of nitrogens with zero attached hydrogens (tertiary/aromatic N) is 1. The van der Waals surface area contributed by atoms with Crippen LogP contribution in [0.15, 0.2) is 40.1 Å². The van der Waals surface area contributed by atoms with Crippen LogP contribution in [-0.4, -0.2) is 31.2 Å². The van der Waals surface area contributed by atoms with E-state index in [-0.39, 0.29) is 4.90 Å². The van der Waals surface area contributed by atoms with E-state index in [4.69, 9.17) is 4.74 Å². The van der Waals surface area contributed by atoms with Crippen molar-refractivity contribution in [1.82, 2.24) is 0 Å². The summed E-state index contributed by atoms with van der Waals surface area (Å²) in [7, 11) is -4.21. The Kier molecular flexibility index (Phi) is 2.63. The zero-order valence-corrected chi connectivity index (χ0v) is 12.9. The fraction of sp³-hybridized carbons (Fsp3) is 0.286. The Balaban J connectivity index is 2.02. The number of hydrogen-bond acceptors (Lipinski definition) is 5. The van der Waals surface area contributed by atoms with Crippen LogP contribution in [0.3, 0.4) is 0 Å². The lowest BCUT2D eigenvalue weighted by atomic mass is 10.1. The van der Waals surface area contributed by atoms with Crippen LogP contribution in [0.2, 0.25) is 0 Å². The number of rotatable bonds is 1. The summed E-state index contributed by atoms with van der Waals surface area (Å²) in [6.45, 7) is 3.44. The van der Waals surface area contributed by atoms with Gasteiger partial charge < -0.3 is 9.64 Å². The molecule has 1 atom stereocenters. The van der Waals surface area contributed by atoms with Gasteiger partial charge in [-0.25, -0.2) is 0 Å². The van der Waals surface area contributed by atoms with Crippen LogP contribution in [-0.2, 0) is 14.9 Å². The molecular formula is C14H13NO4S2. The van der Waals surface area contributed by atoms with Crippen molar-refractivity contribution in [3.63, 3.8) is 0 Å². The van der Waals surface area contributed by atoms with E-state index in [9.17, 15) is 13.0 Å². The van der Waals surface area contributed by atoms with E-state index >= 15 is 0 Å². The van der Waals surface area contributed by atoms with Crippen molar-refractivity contribution < 1.29 is 17.7 Å². The van der Waals surface area contributed by atoms with Crippen molar-refractivity contribution in [2.45, 2.75) is 21.8 Å². The SMILES string of the molecule is CC12OCCN1c1c(ccc3ccc(S(=O)(=O)O)cc13)S2. The summed E-state index contributed by atoms with van der Waals surface area (Å²) in [5.74, 6) is 0. The van der Waals surface area contributed by atoms with Crippen LogP contribution < -0.4 is 4.90 Å². The van der Waals surface area contributed by atoms with Gasteiger partial charge in [0.1, 0.15) is 0 Å². The van der Waals surface area contributed by atoms with Crippen LogP contribution in [0.25, 0.3) is 10.8 Å². The molecule has 0 aromatic heterocycles. The maximum Gasteiger partial charge on any atom is 0.294 e. The Hall–Kier alpha value is -1.28. The van der Waals surface area contributed by atoms with Gasteiger partial charge in [0.2, 0.25) is 0 Å². The zero-order valence-electron chi connectivity index (χ0n) is 11.2. The molecular weight excluding hydrogens is 310 g/mol. The molecule has 110 valence electrons. The van der Waals surface area contributed by atoms with E-state index in [0.29, 0.717) is 6.61 Å². The molecule has 5 nitrogen and oxygen atoms in total. The third-order valence-corrected chi connectivity index (χ3v) is 6.09. The molecule has 0 radical (unpaired) electrons. The first-order valence-corrected chi connectivity index (χ1v) is 8.79. The van der Waals surface area contributed by atoms with Crippen molar-refractivity contribution in [2.24, 2.45) is 0 Å².